The van der Waals surface area contributed by atoms with Crippen LogP contribution in [0.5, 0.6) is 5.75 Å². The summed E-state index contributed by atoms with van der Waals surface area (Å²) >= 11 is 5.32. The normalized spacial score (nSPS) is 10.3. The van der Waals surface area contributed by atoms with Crippen LogP contribution in [0.25, 0.3) is 0 Å². The number of benzene rings is 3. The van der Waals surface area contributed by atoms with Gasteiger partial charge >= 0.3 is 0 Å². The quantitative estimate of drug-likeness (QED) is 0.273. The third-order valence-electron chi connectivity index (χ3n) is 5.04. The van der Waals surface area contributed by atoms with E-state index in [0.717, 1.165) is 24.8 Å². The van der Waals surface area contributed by atoms with Gasteiger partial charge < -0.3 is 15.4 Å². The number of hydrogen-bond acceptors (Lipinski definition) is 4. The topological polar surface area (TPSA) is 79.5 Å². The van der Waals surface area contributed by atoms with Gasteiger partial charge in [0.05, 0.1) is 12.2 Å². The molecule has 2 amide bonds. The molecule has 0 aliphatic rings. The second-order valence-electron chi connectivity index (χ2n) is 7.71. The molecule has 0 bridgehead atoms. The van der Waals surface area contributed by atoms with Gasteiger partial charge in [-0.15, -0.1) is 0 Å². The molecule has 0 saturated heterocycles. The zero-order chi connectivity index (χ0) is 24.2. The molecule has 6 nitrogen and oxygen atoms in total. The standard InChI is InChI=1S/C27H29N3O3S/c1-2-3-9-17-33-24-16-8-7-15-23(24)26(32)30-27(34)29-22-14-10-13-21(18-22)25(31)28-19-20-11-5-4-6-12-20/h4-8,10-16,18H,2-3,9,17,19H2,1H3,(H,28,31)(H2,29,30,32,34). The molecule has 3 N–H and O–H groups in total. The maximum absolute atomic E-state index is 12.8. The Morgan fingerprint density at radius 3 is 2.44 bits per heavy atom. The van der Waals surface area contributed by atoms with Gasteiger partial charge in [0, 0.05) is 17.8 Å². The van der Waals surface area contributed by atoms with E-state index in [2.05, 4.69) is 22.9 Å². The van der Waals surface area contributed by atoms with Crippen LogP contribution in [0.15, 0.2) is 78.9 Å². The van der Waals surface area contributed by atoms with E-state index in [1.54, 1.807) is 42.5 Å². The molecule has 0 aliphatic carbocycles. The molecular formula is C27H29N3O3S. The van der Waals surface area contributed by atoms with Crippen molar-refractivity contribution in [3.63, 3.8) is 0 Å². The van der Waals surface area contributed by atoms with Gasteiger partial charge in [-0.2, -0.15) is 0 Å². The summed E-state index contributed by atoms with van der Waals surface area (Å²) in [7, 11) is 0. The molecule has 0 fully saturated rings. The van der Waals surface area contributed by atoms with E-state index in [9.17, 15) is 9.59 Å². The molecule has 0 aliphatic heterocycles. The van der Waals surface area contributed by atoms with Crippen LogP contribution in [-0.2, 0) is 6.54 Å². The van der Waals surface area contributed by atoms with Gasteiger partial charge in [-0.25, -0.2) is 0 Å². The first-order chi connectivity index (χ1) is 16.6. The van der Waals surface area contributed by atoms with Crippen molar-refractivity contribution in [3.8, 4) is 5.75 Å². The fourth-order valence-corrected chi connectivity index (χ4v) is 3.48. The molecule has 34 heavy (non-hydrogen) atoms. The maximum Gasteiger partial charge on any atom is 0.261 e. The summed E-state index contributed by atoms with van der Waals surface area (Å²) in [6.45, 7) is 3.12. The van der Waals surface area contributed by atoms with E-state index in [4.69, 9.17) is 17.0 Å². The van der Waals surface area contributed by atoms with Crippen LogP contribution in [0.2, 0.25) is 0 Å². The second kappa shape index (κ2) is 13.1. The molecule has 0 unspecified atom stereocenters. The summed E-state index contributed by atoms with van der Waals surface area (Å²) in [6.07, 6.45) is 3.11. The van der Waals surface area contributed by atoms with E-state index in [-0.39, 0.29) is 16.9 Å². The lowest BCUT2D eigenvalue weighted by molar-refractivity contribution is 0.0948. The minimum atomic E-state index is -0.361. The van der Waals surface area contributed by atoms with Gasteiger partial charge in [-0.1, -0.05) is 68.3 Å². The van der Waals surface area contributed by atoms with Crippen LogP contribution < -0.4 is 20.7 Å². The number of para-hydroxylation sites is 1. The smallest absolute Gasteiger partial charge is 0.261 e. The number of unbranched alkanes of at least 4 members (excludes halogenated alkanes) is 2. The van der Waals surface area contributed by atoms with Crippen LogP contribution in [0.1, 0.15) is 52.5 Å². The Morgan fingerprint density at radius 1 is 0.882 bits per heavy atom. The van der Waals surface area contributed by atoms with Crippen LogP contribution in [0.4, 0.5) is 5.69 Å². The highest BCUT2D eigenvalue weighted by Gasteiger charge is 2.14. The Hall–Kier alpha value is -3.71. The summed E-state index contributed by atoms with van der Waals surface area (Å²) in [4.78, 5) is 25.3. The van der Waals surface area contributed by atoms with Crippen LogP contribution >= 0.6 is 12.2 Å². The summed E-state index contributed by atoms with van der Waals surface area (Å²) in [5.74, 6) is -0.0343. The molecule has 3 aromatic carbocycles. The summed E-state index contributed by atoms with van der Waals surface area (Å²) < 4.78 is 5.79. The van der Waals surface area contributed by atoms with E-state index >= 15 is 0 Å². The number of carbonyl (C=O) groups excluding carboxylic acids is 2. The largest absolute Gasteiger partial charge is 0.493 e. The molecule has 176 valence electrons. The Balaban J connectivity index is 1.56. The highest BCUT2D eigenvalue weighted by atomic mass is 32.1. The van der Waals surface area contributed by atoms with Gasteiger partial charge in [-0.05, 0) is 54.5 Å². The lowest BCUT2D eigenvalue weighted by Crippen LogP contribution is -2.34. The van der Waals surface area contributed by atoms with Crippen LogP contribution in [0.3, 0.4) is 0 Å². The van der Waals surface area contributed by atoms with Crippen molar-refractivity contribution in [1.82, 2.24) is 10.6 Å². The van der Waals surface area contributed by atoms with Crippen molar-refractivity contribution in [2.75, 3.05) is 11.9 Å². The number of rotatable bonds is 10. The average Bonchev–Trinajstić information content (AvgIpc) is 2.86. The van der Waals surface area contributed by atoms with E-state index < -0.39 is 0 Å². The lowest BCUT2D eigenvalue weighted by atomic mass is 10.1. The predicted molar refractivity (Wildman–Crippen MR) is 139 cm³/mol. The third kappa shape index (κ3) is 7.71. The van der Waals surface area contributed by atoms with Crippen molar-refractivity contribution in [1.29, 1.82) is 0 Å². The maximum atomic E-state index is 12.8. The molecule has 7 heteroatoms. The first-order valence-electron chi connectivity index (χ1n) is 11.3. The van der Waals surface area contributed by atoms with Gasteiger partial charge in [0.1, 0.15) is 5.75 Å². The molecule has 0 spiro atoms. The summed E-state index contributed by atoms with van der Waals surface area (Å²) in [6, 6.07) is 23.7. The van der Waals surface area contributed by atoms with Crippen LogP contribution in [0, 0.1) is 0 Å². The van der Waals surface area contributed by atoms with E-state index in [1.807, 2.05) is 36.4 Å². The SMILES string of the molecule is CCCCCOc1ccccc1C(=O)NC(=S)Nc1cccc(C(=O)NCc2ccccc2)c1. The van der Waals surface area contributed by atoms with E-state index in [0.29, 0.717) is 35.7 Å². The van der Waals surface area contributed by atoms with Crippen LogP contribution in [-0.4, -0.2) is 23.5 Å². The number of hydrogen-bond donors (Lipinski definition) is 3. The van der Waals surface area contributed by atoms with Gasteiger partial charge in [0.15, 0.2) is 5.11 Å². The number of ether oxygens (including phenoxy) is 1. The fraction of sp³-hybridized carbons (Fsp3) is 0.222. The van der Waals surface area contributed by atoms with E-state index in [1.165, 1.54) is 0 Å². The Kier molecular flexibility index (Phi) is 9.61. The first-order valence-corrected chi connectivity index (χ1v) is 11.7. The van der Waals surface area contributed by atoms with Gasteiger partial charge in [0.2, 0.25) is 0 Å². The molecule has 3 rings (SSSR count). The fourth-order valence-electron chi connectivity index (χ4n) is 3.27. The molecule has 0 aromatic heterocycles. The minimum Gasteiger partial charge on any atom is -0.493 e. The van der Waals surface area contributed by atoms with Crippen molar-refractivity contribution in [2.24, 2.45) is 0 Å². The molecule has 0 heterocycles. The zero-order valence-electron chi connectivity index (χ0n) is 19.2. The Labute approximate surface area is 205 Å². The van der Waals surface area contributed by atoms with Gasteiger partial charge in [-0.3, -0.25) is 14.9 Å². The number of amides is 2. The summed E-state index contributed by atoms with van der Waals surface area (Å²) in [5.41, 5.74) is 2.52. The Morgan fingerprint density at radius 2 is 1.65 bits per heavy atom. The highest BCUT2D eigenvalue weighted by molar-refractivity contribution is 7.80. The lowest BCUT2D eigenvalue weighted by Gasteiger charge is -2.13. The van der Waals surface area contributed by atoms with Crippen molar-refractivity contribution in [3.05, 3.63) is 95.6 Å². The molecular weight excluding hydrogens is 446 g/mol. The van der Waals surface area contributed by atoms with Crippen molar-refractivity contribution < 1.29 is 14.3 Å². The number of nitrogens with one attached hydrogen (secondary N) is 3. The minimum absolute atomic E-state index is 0.132. The number of carbonyl (C=O) groups is 2. The Bertz CT molecular complexity index is 1120. The second-order valence-corrected chi connectivity index (χ2v) is 8.12. The number of thiocarbonyl (C=S) groups is 1. The zero-order valence-corrected chi connectivity index (χ0v) is 20.0. The highest BCUT2D eigenvalue weighted by Crippen LogP contribution is 2.18. The predicted octanol–water partition coefficient (Wildman–Crippen LogP) is 5.31. The van der Waals surface area contributed by atoms with Crippen molar-refractivity contribution in [2.45, 2.75) is 32.7 Å². The first kappa shape index (κ1) is 24.9. The molecule has 0 radical (unpaired) electrons. The molecule has 3 aromatic rings. The van der Waals surface area contributed by atoms with Gasteiger partial charge in [0.25, 0.3) is 11.8 Å². The summed E-state index contributed by atoms with van der Waals surface area (Å²) in [5, 5.41) is 8.68. The monoisotopic (exact) mass is 475 g/mol. The van der Waals surface area contributed by atoms with Crippen molar-refractivity contribution >= 4 is 34.8 Å². The molecule has 0 atom stereocenters. The third-order valence-corrected chi connectivity index (χ3v) is 5.25. The average molecular weight is 476 g/mol. The molecule has 0 saturated carbocycles. The number of anilines is 1.